The van der Waals surface area contributed by atoms with E-state index < -0.39 is 11.4 Å². The van der Waals surface area contributed by atoms with Crippen LogP contribution in [0, 0.1) is 0 Å². The number of carbonyl (C=O) groups excluding carboxylic acids is 1. The largest absolute Gasteiger partial charge is 0.461 e. The third-order valence-corrected chi connectivity index (χ3v) is 3.35. The van der Waals surface area contributed by atoms with E-state index in [1.54, 1.807) is 19.1 Å². The van der Waals surface area contributed by atoms with Crippen LogP contribution in [0.1, 0.15) is 17.4 Å². The average molecular weight is 275 g/mol. The van der Waals surface area contributed by atoms with E-state index in [-0.39, 0.29) is 12.3 Å². The van der Waals surface area contributed by atoms with E-state index in [1.165, 1.54) is 17.9 Å². The number of hydrogen-bond acceptors (Lipinski definition) is 6. The number of H-pyrrole nitrogens is 1. The number of carbonyl (C=O) groups is 1. The molecular weight excluding hydrogens is 266 g/mol. The monoisotopic (exact) mass is 275 g/mol. The number of hydrogen-bond donors (Lipinski definition) is 1. The standard InChI is InChI=1S/C12H9N3O3S/c1-2-18-12(17)10-11(16)6-3-4-8-9(15-19-14-8)7(6)5-13-10/h3-5,14H,2H2,1H3. The SMILES string of the molecule is CCOC(=O)c1ncc2c(ccc3[nH]snc32)c1=O. The number of pyridine rings is 1. The van der Waals surface area contributed by atoms with E-state index in [1.807, 2.05) is 0 Å². The van der Waals surface area contributed by atoms with Gasteiger partial charge in [0.05, 0.1) is 12.1 Å². The van der Waals surface area contributed by atoms with E-state index in [0.717, 1.165) is 5.52 Å². The molecule has 96 valence electrons. The predicted octanol–water partition coefficient (Wildman–Crippen LogP) is 1.71. The third kappa shape index (κ3) is 1.78. The first-order valence-electron chi connectivity index (χ1n) is 5.65. The van der Waals surface area contributed by atoms with Gasteiger partial charge in [0, 0.05) is 28.7 Å². The molecule has 0 fully saturated rings. The van der Waals surface area contributed by atoms with Crippen LogP contribution in [0.15, 0.2) is 23.1 Å². The number of rotatable bonds is 2. The summed E-state index contributed by atoms with van der Waals surface area (Å²) < 4.78 is 12.0. The number of aromatic nitrogens is 3. The lowest BCUT2D eigenvalue weighted by atomic mass is 10.1. The van der Waals surface area contributed by atoms with E-state index in [2.05, 4.69) is 13.7 Å². The second-order valence-corrected chi connectivity index (χ2v) is 4.43. The first kappa shape index (κ1) is 11.8. The Kier molecular flexibility index (Phi) is 2.75. The summed E-state index contributed by atoms with van der Waals surface area (Å²) in [6.07, 6.45) is 1.48. The van der Waals surface area contributed by atoms with E-state index >= 15 is 0 Å². The summed E-state index contributed by atoms with van der Waals surface area (Å²) in [5.41, 5.74) is 0.906. The van der Waals surface area contributed by atoms with Crippen molar-refractivity contribution in [3.8, 4) is 0 Å². The van der Waals surface area contributed by atoms with Gasteiger partial charge in [-0.1, -0.05) is 0 Å². The molecule has 0 bridgehead atoms. The fourth-order valence-corrected chi connectivity index (χ4v) is 2.49. The number of nitrogens with one attached hydrogen (secondary N) is 1. The Labute approximate surface area is 111 Å². The predicted molar refractivity (Wildman–Crippen MR) is 71.5 cm³/mol. The Balaban J connectivity index is 2.30. The van der Waals surface area contributed by atoms with Crippen LogP contribution in [0.3, 0.4) is 0 Å². The first-order chi connectivity index (χ1) is 9.22. The van der Waals surface area contributed by atoms with Crippen LogP contribution in [0.4, 0.5) is 0 Å². The van der Waals surface area contributed by atoms with Gasteiger partial charge in [-0.15, -0.1) is 0 Å². The van der Waals surface area contributed by atoms with Gasteiger partial charge in [-0.3, -0.25) is 9.17 Å². The summed E-state index contributed by atoms with van der Waals surface area (Å²) in [5, 5.41) is 1.05. The van der Waals surface area contributed by atoms with Gasteiger partial charge >= 0.3 is 5.97 Å². The molecule has 3 rings (SSSR count). The molecule has 1 aromatic carbocycles. The van der Waals surface area contributed by atoms with Crippen LogP contribution in [0.25, 0.3) is 21.8 Å². The molecule has 6 nitrogen and oxygen atoms in total. The summed E-state index contributed by atoms with van der Waals surface area (Å²) in [5.74, 6) is -0.695. The fourth-order valence-electron chi connectivity index (χ4n) is 1.90. The lowest BCUT2D eigenvalue weighted by Gasteiger charge is -2.02. The molecule has 0 unspecified atom stereocenters. The fraction of sp³-hybridized carbons (Fsp3) is 0.167. The maximum atomic E-state index is 12.2. The molecule has 2 aromatic heterocycles. The molecule has 3 aromatic rings. The smallest absolute Gasteiger partial charge is 0.361 e. The number of nitrogens with zero attached hydrogens (tertiary/aromatic N) is 2. The summed E-state index contributed by atoms with van der Waals surface area (Å²) in [6, 6.07) is 3.42. The molecule has 7 heteroatoms. The van der Waals surface area contributed by atoms with Gasteiger partial charge in [0.15, 0.2) is 5.69 Å². The lowest BCUT2D eigenvalue weighted by molar-refractivity contribution is 0.0518. The van der Waals surface area contributed by atoms with Crippen molar-refractivity contribution >= 4 is 39.5 Å². The molecule has 0 aliphatic heterocycles. The minimum atomic E-state index is -0.695. The molecule has 0 atom stereocenters. The Bertz CT molecular complexity index is 837. The van der Waals surface area contributed by atoms with E-state index in [0.29, 0.717) is 16.3 Å². The topological polar surface area (TPSA) is 84.9 Å². The molecule has 0 saturated carbocycles. The second kappa shape index (κ2) is 4.43. The van der Waals surface area contributed by atoms with Gasteiger partial charge in [0.1, 0.15) is 5.52 Å². The Morgan fingerprint density at radius 1 is 1.42 bits per heavy atom. The molecule has 0 aliphatic carbocycles. The van der Waals surface area contributed by atoms with Crippen molar-refractivity contribution in [2.45, 2.75) is 6.92 Å². The van der Waals surface area contributed by atoms with Gasteiger partial charge < -0.3 is 4.74 Å². The number of benzene rings is 1. The highest BCUT2D eigenvalue weighted by molar-refractivity contribution is 7.00. The molecule has 19 heavy (non-hydrogen) atoms. The number of esters is 1. The van der Waals surface area contributed by atoms with E-state index in [4.69, 9.17) is 4.74 Å². The van der Waals surface area contributed by atoms with Gasteiger partial charge in [-0.25, -0.2) is 9.78 Å². The molecule has 0 saturated heterocycles. The van der Waals surface area contributed by atoms with Gasteiger partial charge in [0.2, 0.25) is 5.43 Å². The van der Waals surface area contributed by atoms with Crippen molar-refractivity contribution in [3.63, 3.8) is 0 Å². The Morgan fingerprint density at radius 2 is 2.26 bits per heavy atom. The number of fused-ring (bicyclic) bond motifs is 3. The molecule has 2 heterocycles. The number of aromatic amines is 1. The van der Waals surface area contributed by atoms with Crippen LogP contribution in [0.5, 0.6) is 0 Å². The van der Waals surface area contributed by atoms with Crippen molar-refractivity contribution in [2.24, 2.45) is 0 Å². The van der Waals surface area contributed by atoms with Crippen molar-refractivity contribution in [1.82, 2.24) is 13.7 Å². The maximum Gasteiger partial charge on any atom is 0.361 e. The zero-order chi connectivity index (χ0) is 13.4. The average Bonchev–Trinajstić information content (AvgIpc) is 2.87. The highest BCUT2D eigenvalue weighted by Gasteiger charge is 2.16. The summed E-state index contributed by atoms with van der Waals surface area (Å²) >= 11 is 1.20. The zero-order valence-electron chi connectivity index (χ0n) is 9.97. The van der Waals surface area contributed by atoms with Crippen LogP contribution < -0.4 is 5.43 Å². The molecule has 0 aliphatic rings. The minimum absolute atomic E-state index is 0.187. The third-order valence-electron chi connectivity index (χ3n) is 2.76. The van der Waals surface area contributed by atoms with Crippen LogP contribution >= 0.6 is 11.7 Å². The normalized spacial score (nSPS) is 11.0. The van der Waals surface area contributed by atoms with Gasteiger partial charge in [0.25, 0.3) is 0 Å². The van der Waals surface area contributed by atoms with Crippen molar-refractivity contribution in [3.05, 3.63) is 34.2 Å². The Hall–Kier alpha value is -2.28. The zero-order valence-corrected chi connectivity index (χ0v) is 10.8. The minimum Gasteiger partial charge on any atom is -0.461 e. The van der Waals surface area contributed by atoms with Crippen molar-refractivity contribution < 1.29 is 9.53 Å². The summed E-state index contributed by atoms with van der Waals surface area (Å²) in [6.45, 7) is 1.89. The van der Waals surface area contributed by atoms with Crippen LogP contribution in [-0.4, -0.2) is 26.3 Å². The molecule has 1 N–H and O–H groups in total. The lowest BCUT2D eigenvalue weighted by Crippen LogP contribution is -2.19. The molecule has 0 amide bonds. The van der Waals surface area contributed by atoms with Crippen molar-refractivity contribution in [1.29, 1.82) is 0 Å². The quantitative estimate of drug-likeness (QED) is 0.720. The maximum absolute atomic E-state index is 12.2. The van der Waals surface area contributed by atoms with Gasteiger partial charge in [-0.05, 0) is 19.1 Å². The van der Waals surface area contributed by atoms with E-state index in [9.17, 15) is 9.59 Å². The van der Waals surface area contributed by atoms with Crippen LogP contribution in [0.2, 0.25) is 0 Å². The van der Waals surface area contributed by atoms with Crippen LogP contribution in [-0.2, 0) is 4.74 Å². The Morgan fingerprint density at radius 3 is 3.05 bits per heavy atom. The summed E-state index contributed by atoms with van der Waals surface area (Å²) in [7, 11) is 0. The molecule has 0 radical (unpaired) electrons. The highest BCUT2D eigenvalue weighted by atomic mass is 32.1. The van der Waals surface area contributed by atoms with Gasteiger partial charge in [-0.2, -0.15) is 4.37 Å². The second-order valence-electron chi connectivity index (χ2n) is 3.86. The molecular formula is C12H9N3O3S. The molecule has 0 spiro atoms. The number of ether oxygens (including phenoxy) is 1. The van der Waals surface area contributed by atoms with Crippen molar-refractivity contribution in [2.75, 3.05) is 6.61 Å². The highest BCUT2D eigenvalue weighted by Crippen LogP contribution is 2.21. The summed E-state index contributed by atoms with van der Waals surface area (Å²) in [4.78, 5) is 27.7. The first-order valence-corrected chi connectivity index (χ1v) is 6.42.